The van der Waals surface area contributed by atoms with E-state index in [4.69, 9.17) is 0 Å². The van der Waals surface area contributed by atoms with E-state index < -0.39 is 0 Å². The van der Waals surface area contributed by atoms with E-state index in [2.05, 4.69) is 12.2 Å². The number of benzene rings is 1. The minimum atomic E-state index is -0.228. The van der Waals surface area contributed by atoms with Gasteiger partial charge in [-0.05, 0) is 24.5 Å². The van der Waals surface area contributed by atoms with Crippen LogP contribution in [0.4, 0.5) is 4.39 Å². The number of carbonyl (C=O) groups is 1. The minimum absolute atomic E-state index is 0.00903. The lowest BCUT2D eigenvalue weighted by molar-refractivity contribution is -0.121. The first kappa shape index (κ1) is 14.7. The molecule has 0 radical (unpaired) electrons. The second-order valence-electron chi connectivity index (χ2n) is 4.50. The van der Waals surface area contributed by atoms with Crippen molar-refractivity contribution in [2.45, 2.75) is 45.4 Å². The Morgan fingerprint density at radius 1 is 1.22 bits per heavy atom. The molecule has 0 saturated carbocycles. The molecule has 0 bridgehead atoms. The molecule has 0 aliphatic rings. The van der Waals surface area contributed by atoms with Crippen LogP contribution in [0.25, 0.3) is 0 Å². The number of hydrogen-bond acceptors (Lipinski definition) is 1. The average molecular weight is 251 g/mol. The molecule has 0 saturated heterocycles. The molecule has 2 nitrogen and oxygen atoms in total. The monoisotopic (exact) mass is 251 g/mol. The molecule has 0 aliphatic heterocycles. The first-order valence-corrected chi connectivity index (χ1v) is 6.74. The first-order chi connectivity index (χ1) is 8.74. The van der Waals surface area contributed by atoms with Crippen LogP contribution in [0.5, 0.6) is 0 Å². The molecule has 1 N–H and O–H groups in total. The maximum absolute atomic E-state index is 13.3. The fraction of sp³-hybridized carbons (Fsp3) is 0.533. The van der Waals surface area contributed by atoms with Gasteiger partial charge in [0.25, 0.3) is 0 Å². The van der Waals surface area contributed by atoms with Gasteiger partial charge in [0.2, 0.25) is 5.91 Å². The van der Waals surface area contributed by atoms with Crippen LogP contribution in [0, 0.1) is 5.82 Å². The quantitative estimate of drug-likeness (QED) is 0.704. The van der Waals surface area contributed by atoms with Crippen LogP contribution >= 0.6 is 0 Å². The maximum Gasteiger partial charge on any atom is 0.220 e. The highest BCUT2D eigenvalue weighted by Crippen LogP contribution is 2.08. The highest BCUT2D eigenvalue weighted by molar-refractivity contribution is 5.76. The van der Waals surface area contributed by atoms with Crippen molar-refractivity contribution >= 4 is 5.91 Å². The molecule has 1 aromatic rings. The van der Waals surface area contributed by atoms with Gasteiger partial charge in [-0.25, -0.2) is 4.39 Å². The Hall–Kier alpha value is -1.38. The molecule has 0 unspecified atom stereocenters. The SMILES string of the molecule is CCCCCCNC(=O)CCc1ccccc1F. The molecule has 18 heavy (non-hydrogen) atoms. The van der Waals surface area contributed by atoms with Gasteiger partial charge in [0.05, 0.1) is 0 Å². The van der Waals surface area contributed by atoms with Gasteiger partial charge in [0.1, 0.15) is 5.82 Å². The maximum atomic E-state index is 13.3. The summed E-state index contributed by atoms with van der Waals surface area (Å²) in [6, 6.07) is 6.61. The lowest BCUT2D eigenvalue weighted by Gasteiger charge is -2.05. The van der Waals surface area contributed by atoms with Gasteiger partial charge < -0.3 is 5.32 Å². The van der Waals surface area contributed by atoms with Gasteiger partial charge in [-0.2, -0.15) is 0 Å². The van der Waals surface area contributed by atoms with Crippen molar-refractivity contribution in [3.05, 3.63) is 35.6 Å². The number of unbranched alkanes of at least 4 members (excludes halogenated alkanes) is 3. The summed E-state index contributed by atoms with van der Waals surface area (Å²) in [5, 5.41) is 2.87. The van der Waals surface area contributed by atoms with Crippen molar-refractivity contribution in [1.82, 2.24) is 5.32 Å². The molecular weight excluding hydrogens is 229 g/mol. The number of nitrogens with one attached hydrogen (secondary N) is 1. The standard InChI is InChI=1S/C15H22FNO/c1-2-3-4-7-12-17-15(18)11-10-13-8-5-6-9-14(13)16/h5-6,8-9H,2-4,7,10-12H2,1H3,(H,17,18). The van der Waals surface area contributed by atoms with Crippen LogP contribution in [-0.4, -0.2) is 12.5 Å². The second kappa shape index (κ2) is 8.67. The van der Waals surface area contributed by atoms with Crippen LogP contribution in [-0.2, 0) is 11.2 Å². The number of halogens is 1. The van der Waals surface area contributed by atoms with Crippen molar-refractivity contribution < 1.29 is 9.18 Å². The molecule has 0 heterocycles. The molecule has 3 heteroatoms. The summed E-state index contributed by atoms with van der Waals surface area (Å²) in [6.07, 6.45) is 5.41. The Morgan fingerprint density at radius 3 is 2.72 bits per heavy atom. The van der Waals surface area contributed by atoms with Gasteiger partial charge in [0, 0.05) is 13.0 Å². The number of hydrogen-bond donors (Lipinski definition) is 1. The molecule has 0 atom stereocenters. The van der Waals surface area contributed by atoms with Crippen LogP contribution in [0.15, 0.2) is 24.3 Å². The Labute approximate surface area is 109 Å². The zero-order valence-electron chi connectivity index (χ0n) is 11.0. The Balaban J connectivity index is 2.15. The van der Waals surface area contributed by atoms with Crippen LogP contribution in [0.3, 0.4) is 0 Å². The third-order valence-corrected chi connectivity index (χ3v) is 2.93. The topological polar surface area (TPSA) is 29.1 Å². The molecule has 1 amide bonds. The summed E-state index contributed by atoms with van der Waals surface area (Å²) in [4.78, 5) is 11.5. The van der Waals surface area contributed by atoms with Gasteiger partial charge >= 0.3 is 0 Å². The lowest BCUT2D eigenvalue weighted by Crippen LogP contribution is -2.24. The smallest absolute Gasteiger partial charge is 0.220 e. The van der Waals surface area contributed by atoms with Gasteiger partial charge in [-0.3, -0.25) is 4.79 Å². The largest absolute Gasteiger partial charge is 0.356 e. The fourth-order valence-electron chi connectivity index (χ4n) is 1.82. The molecule has 0 aromatic heterocycles. The number of amides is 1. The fourth-order valence-corrected chi connectivity index (χ4v) is 1.82. The third-order valence-electron chi connectivity index (χ3n) is 2.93. The first-order valence-electron chi connectivity index (χ1n) is 6.74. The predicted molar refractivity (Wildman–Crippen MR) is 71.9 cm³/mol. The molecular formula is C15H22FNO. The number of aryl methyl sites for hydroxylation is 1. The number of rotatable bonds is 8. The van der Waals surface area contributed by atoms with Crippen LogP contribution < -0.4 is 5.32 Å². The van der Waals surface area contributed by atoms with E-state index in [1.807, 2.05) is 0 Å². The van der Waals surface area contributed by atoms with E-state index in [0.717, 1.165) is 19.4 Å². The highest BCUT2D eigenvalue weighted by Gasteiger charge is 2.04. The molecule has 1 rings (SSSR count). The minimum Gasteiger partial charge on any atom is -0.356 e. The molecule has 100 valence electrons. The van der Waals surface area contributed by atoms with Gasteiger partial charge in [-0.15, -0.1) is 0 Å². The third kappa shape index (κ3) is 5.80. The summed E-state index contributed by atoms with van der Waals surface area (Å²) in [7, 11) is 0. The second-order valence-corrected chi connectivity index (χ2v) is 4.50. The van der Waals surface area contributed by atoms with E-state index in [0.29, 0.717) is 18.4 Å². The summed E-state index contributed by atoms with van der Waals surface area (Å²) < 4.78 is 13.3. The van der Waals surface area contributed by atoms with Crippen molar-refractivity contribution in [1.29, 1.82) is 0 Å². The zero-order chi connectivity index (χ0) is 13.2. The van der Waals surface area contributed by atoms with E-state index in [9.17, 15) is 9.18 Å². The molecule has 1 aromatic carbocycles. The highest BCUT2D eigenvalue weighted by atomic mass is 19.1. The average Bonchev–Trinajstić information content (AvgIpc) is 2.37. The summed E-state index contributed by atoms with van der Waals surface area (Å²) in [5.74, 6) is -0.219. The molecule has 0 aliphatic carbocycles. The Morgan fingerprint density at radius 2 is 2.00 bits per heavy atom. The van der Waals surface area contributed by atoms with Gasteiger partial charge in [0.15, 0.2) is 0 Å². The van der Waals surface area contributed by atoms with Crippen molar-refractivity contribution in [2.75, 3.05) is 6.54 Å². The Bertz CT molecular complexity index is 365. The summed E-state index contributed by atoms with van der Waals surface area (Å²) in [6.45, 7) is 2.89. The van der Waals surface area contributed by atoms with Crippen molar-refractivity contribution in [3.8, 4) is 0 Å². The predicted octanol–water partition coefficient (Wildman–Crippen LogP) is 3.45. The van der Waals surface area contributed by atoms with Crippen LogP contribution in [0.1, 0.15) is 44.6 Å². The Kier molecular flexibility index (Phi) is 7.07. The van der Waals surface area contributed by atoms with E-state index in [1.165, 1.54) is 18.9 Å². The molecule has 0 spiro atoms. The van der Waals surface area contributed by atoms with Crippen molar-refractivity contribution in [2.24, 2.45) is 0 Å². The van der Waals surface area contributed by atoms with Gasteiger partial charge in [-0.1, -0.05) is 44.4 Å². The normalized spacial score (nSPS) is 10.3. The molecule has 0 fully saturated rings. The van der Waals surface area contributed by atoms with E-state index >= 15 is 0 Å². The summed E-state index contributed by atoms with van der Waals surface area (Å²) in [5.41, 5.74) is 0.610. The lowest BCUT2D eigenvalue weighted by atomic mass is 10.1. The van der Waals surface area contributed by atoms with E-state index in [-0.39, 0.29) is 11.7 Å². The zero-order valence-corrected chi connectivity index (χ0v) is 11.0. The number of carbonyl (C=O) groups excluding carboxylic acids is 1. The van der Waals surface area contributed by atoms with Crippen LogP contribution in [0.2, 0.25) is 0 Å². The summed E-state index contributed by atoms with van der Waals surface area (Å²) >= 11 is 0. The van der Waals surface area contributed by atoms with E-state index in [1.54, 1.807) is 18.2 Å². The van der Waals surface area contributed by atoms with Crippen molar-refractivity contribution in [3.63, 3.8) is 0 Å².